The van der Waals surface area contributed by atoms with Gasteiger partial charge in [0.25, 0.3) is 0 Å². The first-order valence-corrected chi connectivity index (χ1v) is 6.72. The quantitative estimate of drug-likeness (QED) is 0.753. The Morgan fingerprint density at radius 3 is 2.72 bits per heavy atom. The molecule has 1 aliphatic heterocycles. The Labute approximate surface area is 109 Å². The first-order valence-electron chi connectivity index (χ1n) is 6.72. The summed E-state index contributed by atoms with van der Waals surface area (Å²) in [6, 6.07) is -0.236. The molecule has 1 atom stereocenters. The Morgan fingerprint density at radius 2 is 2.11 bits per heavy atom. The van der Waals surface area contributed by atoms with Crippen molar-refractivity contribution in [2.75, 3.05) is 19.7 Å². The molecule has 1 aliphatic rings. The average Bonchev–Trinajstić information content (AvgIpc) is 2.51. The summed E-state index contributed by atoms with van der Waals surface area (Å²) in [5.74, 6) is 0.0598. The second-order valence-electron chi connectivity index (χ2n) is 5.23. The molecule has 0 saturated carbocycles. The van der Waals surface area contributed by atoms with Crippen LogP contribution in [0.15, 0.2) is 0 Å². The molecule has 5 nitrogen and oxygen atoms in total. The number of carbonyl (C=O) groups is 2. The highest BCUT2D eigenvalue weighted by Crippen LogP contribution is 2.10. The second kappa shape index (κ2) is 7.36. The molecule has 0 aromatic carbocycles. The Balaban J connectivity index is 2.45. The van der Waals surface area contributed by atoms with E-state index in [0.29, 0.717) is 13.0 Å². The van der Waals surface area contributed by atoms with E-state index in [1.807, 2.05) is 13.8 Å². The smallest absolute Gasteiger partial charge is 0.239 e. The lowest BCUT2D eigenvalue weighted by molar-refractivity contribution is -0.136. The largest absolute Gasteiger partial charge is 0.394 e. The number of aliphatic hydroxyl groups excluding tert-OH is 1. The molecular weight excluding hydrogens is 232 g/mol. The highest BCUT2D eigenvalue weighted by atomic mass is 16.3. The van der Waals surface area contributed by atoms with Crippen molar-refractivity contribution < 1.29 is 14.7 Å². The minimum Gasteiger partial charge on any atom is -0.394 e. The number of amides is 2. The summed E-state index contributed by atoms with van der Waals surface area (Å²) in [6.07, 6.45) is 3.48. The van der Waals surface area contributed by atoms with Gasteiger partial charge < -0.3 is 15.3 Å². The van der Waals surface area contributed by atoms with Gasteiger partial charge in [0.15, 0.2) is 0 Å². The van der Waals surface area contributed by atoms with E-state index in [4.69, 9.17) is 5.11 Å². The van der Waals surface area contributed by atoms with Gasteiger partial charge in [-0.2, -0.15) is 0 Å². The van der Waals surface area contributed by atoms with E-state index in [9.17, 15) is 9.59 Å². The fourth-order valence-electron chi connectivity index (χ4n) is 2.05. The van der Waals surface area contributed by atoms with Crippen molar-refractivity contribution in [3.63, 3.8) is 0 Å². The van der Waals surface area contributed by atoms with Crippen LogP contribution in [-0.4, -0.2) is 47.6 Å². The van der Waals surface area contributed by atoms with Crippen molar-refractivity contribution in [2.45, 2.75) is 45.6 Å². The van der Waals surface area contributed by atoms with Crippen molar-refractivity contribution in [3.8, 4) is 0 Å². The lowest BCUT2D eigenvalue weighted by atomic mass is 10.1. The molecule has 5 heteroatoms. The van der Waals surface area contributed by atoms with Gasteiger partial charge in [0.2, 0.25) is 11.8 Å². The van der Waals surface area contributed by atoms with Gasteiger partial charge in [-0.3, -0.25) is 9.59 Å². The topological polar surface area (TPSA) is 69.6 Å². The van der Waals surface area contributed by atoms with E-state index in [-0.39, 0.29) is 36.9 Å². The summed E-state index contributed by atoms with van der Waals surface area (Å²) in [7, 11) is 0. The second-order valence-corrected chi connectivity index (χ2v) is 5.23. The number of nitrogens with one attached hydrogen (secondary N) is 1. The van der Waals surface area contributed by atoms with Crippen LogP contribution in [0, 0.1) is 5.92 Å². The maximum atomic E-state index is 11.8. The first-order chi connectivity index (χ1) is 8.54. The fraction of sp³-hybridized carbons (Fsp3) is 0.846. The molecule has 18 heavy (non-hydrogen) atoms. The van der Waals surface area contributed by atoms with E-state index in [2.05, 4.69) is 5.32 Å². The third-order valence-electron chi connectivity index (χ3n) is 3.35. The highest BCUT2D eigenvalue weighted by Gasteiger charge is 2.21. The standard InChI is InChI=1S/C13H24N2O3/c1-10(2)11(9-16)14-12(17)8-15-7-5-3-4-6-13(15)18/h10-11,16H,3-9H2,1-2H3,(H,14,17)/t11-/m1/s1. The number of nitrogens with zero attached hydrogens (tertiary/aromatic N) is 1. The molecule has 2 N–H and O–H groups in total. The van der Waals surface area contributed by atoms with Crippen molar-refractivity contribution in [3.05, 3.63) is 0 Å². The Bertz CT molecular complexity index is 292. The normalized spacial score (nSPS) is 18.7. The summed E-state index contributed by atoms with van der Waals surface area (Å²) < 4.78 is 0. The van der Waals surface area contributed by atoms with Crippen molar-refractivity contribution >= 4 is 11.8 Å². The molecule has 0 aliphatic carbocycles. The van der Waals surface area contributed by atoms with Crippen LogP contribution >= 0.6 is 0 Å². The first kappa shape index (κ1) is 15.0. The zero-order chi connectivity index (χ0) is 13.5. The third-order valence-corrected chi connectivity index (χ3v) is 3.35. The van der Waals surface area contributed by atoms with Gasteiger partial charge in [0.1, 0.15) is 0 Å². The molecule has 0 unspecified atom stereocenters. The van der Waals surface area contributed by atoms with E-state index >= 15 is 0 Å². The van der Waals surface area contributed by atoms with Gasteiger partial charge in [-0.05, 0) is 18.8 Å². The van der Waals surface area contributed by atoms with Crippen LogP contribution in [0.3, 0.4) is 0 Å². The molecule has 0 bridgehead atoms. The van der Waals surface area contributed by atoms with Crippen molar-refractivity contribution in [1.82, 2.24) is 10.2 Å². The molecular formula is C13H24N2O3. The average molecular weight is 256 g/mol. The van der Waals surface area contributed by atoms with Gasteiger partial charge in [-0.25, -0.2) is 0 Å². The predicted molar refractivity (Wildman–Crippen MR) is 68.9 cm³/mol. The molecule has 1 saturated heterocycles. The molecule has 2 amide bonds. The molecule has 104 valence electrons. The van der Waals surface area contributed by atoms with Gasteiger partial charge in [-0.1, -0.05) is 20.3 Å². The molecule has 0 radical (unpaired) electrons. The van der Waals surface area contributed by atoms with Crippen molar-refractivity contribution in [2.24, 2.45) is 5.92 Å². The Morgan fingerprint density at radius 1 is 1.39 bits per heavy atom. The van der Waals surface area contributed by atoms with Crippen LogP contribution in [0.1, 0.15) is 39.5 Å². The van der Waals surface area contributed by atoms with Crippen LogP contribution < -0.4 is 5.32 Å². The molecule has 1 rings (SSSR count). The maximum absolute atomic E-state index is 11.8. The van der Waals surface area contributed by atoms with Crippen LogP contribution in [0.2, 0.25) is 0 Å². The number of hydrogen-bond acceptors (Lipinski definition) is 3. The predicted octanol–water partition coefficient (Wildman–Crippen LogP) is 0.522. The molecule has 1 heterocycles. The SMILES string of the molecule is CC(C)[C@@H](CO)NC(=O)CN1CCCCCC1=O. The monoisotopic (exact) mass is 256 g/mol. The lowest BCUT2D eigenvalue weighted by Gasteiger charge is -2.24. The third kappa shape index (κ3) is 4.64. The van der Waals surface area contributed by atoms with E-state index < -0.39 is 0 Å². The Kier molecular flexibility index (Phi) is 6.12. The van der Waals surface area contributed by atoms with Gasteiger partial charge in [0, 0.05) is 13.0 Å². The van der Waals surface area contributed by atoms with Crippen LogP contribution in [0.4, 0.5) is 0 Å². The van der Waals surface area contributed by atoms with Crippen LogP contribution in [0.5, 0.6) is 0 Å². The zero-order valence-corrected chi connectivity index (χ0v) is 11.3. The van der Waals surface area contributed by atoms with Gasteiger partial charge >= 0.3 is 0 Å². The summed E-state index contributed by atoms with van der Waals surface area (Å²) in [5, 5.41) is 11.9. The minimum atomic E-state index is -0.236. The van der Waals surface area contributed by atoms with Gasteiger partial charge in [-0.15, -0.1) is 0 Å². The Hall–Kier alpha value is -1.10. The molecule has 0 spiro atoms. The van der Waals surface area contributed by atoms with E-state index in [0.717, 1.165) is 19.3 Å². The summed E-state index contributed by atoms with van der Waals surface area (Å²) in [6.45, 7) is 4.59. The molecule has 0 aromatic heterocycles. The highest BCUT2D eigenvalue weighted by molar-refractivity contribution is 5.85. The van der Waals surface area contributed by atoms with Gasteiger partial charge in [0.05, 0.1) is 19.2 Å². The molecule has 1 fully saturated rings. The summed E-state index contributed by atoms with van der Waals surface area (Å²) in [4.78, 5) is 25.2. The van der Waals surface area contributed by atoms with E-state index in [1.54, 1.807) is 4.90 Å². The van der Waals surface area contributed by atoms with Crippen molar-refractivity contribution in [1.29, 1.82) is 0 Å². The number of aliphatic hydroxyl groups is 1. The summed E-state index contributed by atoms with van der Waals surface area (Å²) in [5.41, 5.74) is 0. The number of carbonyl (C=O) groups excluding carboxylic acids is 2. The summed E-state index contributed by atoms with van der Waals surface area (Å²) >= 11 is 0. The number of likely N-dealkylation sites (tertiary alicyclic amines) is 1. The van der Waals surface area contributed by atoms with Crippen LogP contribution in [0.25, 0.3) is 0 Å². The van der Waals surface area contributed by atoms with E-state index in [1.165, 1.54) is 0 Å². The van der Waals surface area contributed by atoms with Crippen LogP contribution in [-0.2, 0) is 9.59 Å². The minimum absolute atomic E-state index is 0.0627. The zero-order valence-electron chi connectivity index (χ0n) is 11.3. The number of rotatable bonds is 5. The number of hydrogen-bond donors (Lipinski definition) is 2. The molecule has 0 aromatic rings. The fourth-order valence-corrected chi connectivity index (χ4v) is 2.05. The maximum Gasteiger partial charge on any atom is 0.239 e. The lowest BCUT2D eigenvalue weighted by Crippen LogP contribution is -2.47.